The fourth-order valence-corrected chi connectivity index (χ4v) is 3.58. The van der Waals surface area contributed by atoms with Crippen molar-refractivity contribution in [1.29, 1.82) is 5.26 Å². The van der Waals surface area contributed by atoms with E-state index >= 15 is 0 Å². The fraction of sp³-hybridized carbons (Fsp3) is 0.0476. The molecule has 0 bridgehead atoms. The number of amides is 1. The summed E-state index contributed by atoms with van der Waals surface area (Å²) in [5.41, 5.74) is 0.736. The van der Waals surface area contributed by atoms with Crippen molar-refractivity contribution in [2.24, 2.45) is 0 Å². The number of hydrogen-bond donors (Lipinski definition) is 2. The van der Waals surface area contributed by atoms with Crippen molar-refractivity contribution in [2.75, 3.05) is 10.0 Å². The van der Waals surface area contributed by atoms with Crippen molar-refractivity contribution in [3.05, 3.63) is 78.1 Å². The molecule has 7 nitrogen and oxygen atoms in total. The first-order chi connectivity index (χ1) is 14.3. The third-order valence-electron chi connectivity index (χ3n) is 3.88. The Kier molecular flexibility index (Phi) is 5.99. The third kappa shape index (κ3) is 5.12. The predicted molar refractivity (Wildman–Crippen MR) is 109 cm³/mol. The molecule has 0 heterocycles. The van der Waals surface area contributed by atoms with Gasteiger partial charge in [-0.1, -0.05) is 0 Å². The predicted octanol–water partition coefficient (Wildman–Crippen LogP) is 4.25. The van der Waals surface area contributed by atoms with E-state index in [0.29, 0.717) is 11.4 Å². The Labute approximate surface area is 172 Å². The normalized spacial score (nSPS) is 10.7. The second-order valence-corrected chi connectivity index (χ2v) is 7.87. The van der Waals surface area contributed by atoms with Gasteiger partial charge in [0.15, 0.2) is 0 Å². The van der Waals surface area contributed by atoms with Crippen molar-refractivity contribution < 1.29 is 22.3 Å². The lowest BCUT2D eigenvalue weighted by Gasteiger charge is -2.12. The van der Waals surface area contributed by atoms with Crippen LogP contribution in [0.2, 0.25) is 0 Å². The summed E-state index contributed by atoms with van der Waals surface area (Å²) >= 11 is 0. The molecule has 0 radical (unpaired) electrons. The number of halogens is 1. The molecule has 0 unspecified atom stereocenters. The number of nitriles is 1. The molecule has 0 aliphatic heterocycles. The number of rotatable bonds is 6. The Morgan fingerprint density at radius 3 is 2.23 bits per heavy atom. The Morgan fingerprint density at radius 2 is 1.63 bits per heavy atom. The summed E-state index contributed by atoms with van der Waals surface area (Å²) in [6, 6.07) is 17.1. The summed E-state index contributed by atoms with van der Waals surface area (Å²) in [7, 11) is -3.91. The number of nitrogens with zero attached hydrogens (tertiary/aromatic N) is 1. The van der Waals surface area contributed by atoms with Crippen LogP contribution in [-0.2, 0) is 14.8 Å². The van der Waals surface area contributed by atoms with Crippen LogP contribution in [0.5, 0.6) is 11.5 Å². The monoisotopic (exact) mass is 425 g/mol. The van der Waals surface area contributed by atoms with Gasteiger partial charge in [-0.05, 0) is 66.7 Å². The van der Waals surface area contributed by atoms with Gasteiger partial charge in [0.2, 0.25) is 5.91 Å². The van der Waals surface area contributed by atoms with Gasteiger partial charge in [-0.15, -0.1) is 0 Å². The molecule has 0 saturated heterocycles. The molecule has 0 aromatic heterocycles. The molecule has 0 aliphatic rings. The molecule has 3 aromatic rings. The maximum atomic E-state index is 13.0. The van der Waals surface area contributed by atoms with Crippen LogP contribution in [0.25, 0.3) is 0 Å². The van der Waals surface area contributed by atoms with Gasteiger partial charge in [0.25, 0.3) is 10.0 Å². The van der Waals surface area contributed by atoms with E-state index in [1.54, 1.807) is 0 Å². The summed E-state index contributed by atoms with van der Waals surface area (Å²) in [5.74, 6) is -0.152. The number of anilines is 2. The van der Waals surface area contributed by atoms with Crippen LogP contribution in [0.4, 0.5) is 15.8 Å². The largest absolute Gasteiger partial charge is 0.456 e. The molecule has 2 N–H and O–H groups in total. The lowest BCUT2D eigenvalue weighted by molar-refractivity contribution is -0.114. The summed E-state index contributed by atoms with van der Waals surface area (Å²) < 4.78 is 46.2. The van der Waals surface area contributed by atoms with Gasteiger partial charge in [0, 0.05) is 12.6 Å². The van der Waals surface area contributed by atoms with E-state index in [4.69, 9.17) is 4.74 Å². The average Bonchev–Trinajstić information content (AvgIpc) is 2.70. The van der Waals surface area contributed by atoms with Crippen LogP contribution in [0, 0.1) is 17.1 Å². The van der Waals surface area contributed by atoms with E-state index in [0.717, 1.165) is 0 Å². The van der Waals surface area contributed by atoms with Gasteiger partial charge in [-0.3, -0.25) is 9.52 Å². The van der Waals surface area contributed by atoms with Crippen LogP contribution >= 0.6 is 0 Å². The van der Waals surface area contributed by atoms with Crippen LogP contribution in [0.3, 0.4) is 0 Å². The number of ether oxygens (including phenoxy) is 1. The third-order valence-corrected chi connectivity index (χ3v) is 5.28. The first kappa shape index (κ1) is 20.8. The van der Waals surface area contributed by atoms with Gasteiger partial charge in [0.1, 0.15) is 23.4 Å². The molecule has 0 atom stereocenters. The number of carbonyl (C=O) groups excluding carboxylic acids is 1. The van der Waals surface area contributed by atoms with E-state index in [1.165, 1.54) is 73.7 Å². The molecule has 30 heavy (non-hydrogen) atoms. The maximum absolute atomic E-state index is 13.0. The SMILES string of the molecule is CC(=O)Nc1ccc(S(=O)(=O)Nc2ccc(Oc3ccc(F)cc3)c(C#N)c2)cc1. The first-order valence-electron chi connectivity index (χ1n) is 8.65. The molecule has 0 aliphatic carbocycles. The fourth-order valence-electron chi connectivity index (χ4n) is 2.53. The number of nitrogens with one attached hydrogen (secondary N) is 2. The summed E-state index contributed by atoms with van der Waals surface area (Å²) in [5, 5.41) is 11.9. The van der Waals surface area contributed by atoms with Crippen molar-refractivity contribution in [3.63, 3.8) is 0 Å². The van der Waals surface area contributed by atoms with Crippen LogP contribution in [-0.4, -0.2) is 14.3 Å². The number of carbonyl (C=O) groups is 1. The molecule has 3 aromatic carbocycles. The molecule has 9 heteroatoms. The molecule has 152 valence electrons. The van der Waals surface area contributed by atoms with Crippen molar-refractivity contribution >= 4 is 27.3 Å². The highest BCUT2D eigenvalue weighted by Gasteiger charge is 2.16. The minimum atomic E-state index is -3.91. The summed E-state index contributed by atoms with van der Waals surface area (Å²) in [6.07, 6.45) is 0. The van der Waals surface area contributed by atoms with E-state index in [-0.39, 0.29) is 27.8 Å². The minimum absolute atomic E-state index is 0.0123. The molecule has 0 spiro atoms. The van der Waals surface area contributed by atoms with Gasteiger partial charge >= 0.3 is 0 Å². The maximum Gasteiger partial charge on any atom is 0.261 e. The van der Waals surface area contributed by atoms with E-state index in [2.05, 4.69) is 10.0 Å². The zero-order valence-electron chi connectivity index (χ0n) is 15.7. The number of hydrogen-bond acceptors (Lipinski definition) is 5. The molecule has 0 saturated carbocycles. The average molecular weight is 425 g/mol. The van der Waals surface area contributed by atoms with Crippen molar-refractivity contribution in [1.82, 2.24) is 0 Å². The first-order valence-corrected chi connectivity index (χ1v) is 10.1. The highest BCUT2D eigenvalue weighted by atomic mass is 32.2. The smallest absolute Gasteiger partial charge is 0.261 e. The Bertz CT molecular complexity index is 1220. The highest BCUT2D eigenvalue weighted by Crippen LogP contribution is 2.28. The Balaban J connectivity index is 1.79. The second kappa shape index (κ2) is 8.63. The Hall–Kier alpha value is -3.90. The lowest BCUT2D eigenvalue weighted by atomic mass is 10.2. The second-order valence-electron chi connectivity index (χ2n) is 6.19. The summed E-state index contributed by atoms with van der Waals surface area (Å²) in [6.45, 7) is 1.35. The van der Waals surface area contributed by atoms with Crippen molar-refractivity contribution in [3.8, 4) is 17.6 Å². The lowest BCUT2D eigenvalue weighted by Crippen LogP contribution is -2.13. The zero-order chi connectivity index (χ0) is 21.7. The summed E-state index contributed by atoms with van der Waals surface area (Å²) in [4.78, 5) is 11.0. The number of benzene rings is 3. The molecular formula is C21H16FN3O4S. The van der Waals surface area contributed by atoms with Crippen LogP contribution < -0.4 is 14.8 Å². The van der Waals surface area contributed by atoms with Crippen LogP contribution in [0.15, 0.2) is 71.6 Å². The quantitative estimate of drug-likeness (QED) is 0.614. The van der Waals surface area contributed by atoms with Gasteiger partial charge in [-0.25, -0.2) is 12.8 Å². The van der Waals surface area contributed by atoms with Gasteiger partial charge < -0.3 is 10.1 Å². The topological polar surface area (TPSA) is 108 Å². The number of sulfonamides is 1. The van der Waals surface area contributed by atoms with E-state index in [1.807, 2.05) is 6.07 Å². The standard InChI is InChI=1S/C21H16FN3O4S/c1-14(26)24-17-4-9-20(10-5-17)30(27,28)25-18-6-11-21(15(12-18)13-23)29-19-7-2-16(22)3-8-19/h2-12,25H,1H3,(H,24,26). The van der Waals surface area contributed by atoms with Crippen LogP contribution in [0.1, 0.15) is 12.5 Å². The van der Waals surface area contributed by atoms with Crippen molar-refractivity contribution in [2.45, 2.75) is 11.8 Å². The molecular weight excluding hydrogens is 409 g/mol. The van der Waals surface area contributed by atoms with E-state index in [9.17, 15) is 22.9 Å². The zero-order valence-corrected chi connectivity index (χ0v) is 16.5. The Morgan fingerprint density at radius 1 is 1.00 bits per heavy atom. The van der Waals surface area contributed by atoms with Gasteiger partial charge in [-0.2, -0.15) is 5.26 Å². The minimum Gasteiger partial charge on any atom is -0.456 e. The molecule has 1 amide bonds. The highest BCUT2D eigenvalue weighted by molar-refractivity contribution is 7.92. The van der Waals surface area contributed by atoms with Gasteiger partial charge in [0.05, 0.1) is 16.1 Å². The molecule has 3 rings (SSSR count). The van der Waals surface area contributed by atoms with E-state index < -0.39 is 15.8 Å². The molecule has 0 fully saturated rings.